The van der Waals surface area contributed by atoms with Crippen LogP contribution in [0.1, 0.15) is 30.5 Å². The van der Waals surface area contributed by atoms with Crippen molar-refractivity contribution in [3.63, 3.8) is 0 Å². The van der Waals surface area contributed by atoms with Crippen LogP contribution < -0.4 is 9.64 Å². The molecule has 0 unspecified atom stereocenters. The van der Waals surface area contributed by atoms with Crippen molar-refractivity contribution in [3.8, 4) is 5.75 Å². The van der Waals surface area contributed by atoms with Crippen molar-refractivity contribution in [2.75, 3.05) is 37.7 Å². The molecule has 1 saturated heterocycles. The van der Waals surface area contributed by atoms with Gasteiger partial charge in [-0.15, -0.1) is 0 Å². The number of allylic oxidation sites excluding steroid dienone is 1. The number of furan rings is 1. The largest absolute Gasteiger partial charge is 0.493 e. The summed E-state index contributed by atoms with van der Waals surface area (Å²) < 4.78 is 11.7. The van der Waals surface area contributed by atoms with Crippen LogP contribution in [0.3, 0.4) is 0 Å². The van der Waals surface area contributed by atoms with Gasteiger partial charge in [0.05, 0.1) is 23.6 Å². The summed E-state index contributed by atoms with van der Waals surface area (Å²) in [5, 5.41) is 1.79. The van der Waals surface area contributed by atoms with Gasteiger partial charge in [-0.3, -0.25) is 4.79 Å². The van der Waals surface area contributed by atoms with Crippen molar-refractivity contribution < 1.29 is 13.9 Å². The van der Waals surface area contributed by atoms with Crippen molar-refractivity contribution in [1.29, 1.82) is 0 Å². The Bertz CT molecular complexity index is 1170. The van der Waals surface area contributed by atoms with E-state index in [1.807, 2.05) is 56.9 Å². The molecule has 0 radical (unpaired) electrons. The lowest BCUT2D eigenvalue weighted by Crippen LogP contribution is -2.48. The van der Waals surface area contributed by atoms with Gasteiger partial charge in [0.1, 0.15) is 11.3 Å². The highest BCUT2D eigenvalue weighted by Crippen LogP contribution is 2.37. The number of ether oxygens (including phenoxy) is 1. The van der Waals surface area contributed by atoms with Gasteiger partial charge in [-0.2, -0.15) is 0 Å². The van der Waals surface area contributed by atoms with E-state index in [2.05, 4.69) is 11.0 Å². The van der Waals surface area contributed by atoms with E-state index in [9.17, 15) is 4.79 Å². The monoisotopic (exact) mass is 452 g/mol. The SMILES string of the molecule is CCOc1c(/C(C)=C/C(=O)N2CCN(c3ccccc3Cl)CC2)cc2c(C)coc2c1C. The maximum Gasteiger partial charge on any atom is 0.246 e. The topological polar surface area (TPSA) is 45.9 Å². The minimum absolute atomic E-state index is 0.0189. The number of halogens is 1. The molecule has 1 aromatic heterocycles. The maximum absolute atomic E-state index is 13.1. The van der Waals surface area contributed by atoms with Gasteiger partial charge in [0.2, 0.25) is 5.91 Å². The Balaban J connectivity index is 1.55. The quantitative estimate of drug-likeness (QED) is 0.455. The number of carbonyl (C=O) groups excluding carboxylic acids is 1. The minimum Gasteiger partial charge on any atom is -0.493 e. The van der Waals surface area contributed by atoms with Gasteiger partial charge in [-0.1, -0.05) is 23.7 Å². The first kappa shape index (κ1) is 22.3. The van der Waals surface area contributed by atoms with Crippen molar-refractivity contribution in [3.05, 3.63) is 64.4 Å². The number of benzene rings is 2. The smallest absolute Gasteiger partial charge is 0.246 e. The molecular weight excluding hydrogens is 424 g/mol. The summed E-state index contributed by atoms with van der Waals surface area (Å²) in [5.74, 6) is 0.796. The molecule has 5 nitrogen and oxygen atoms in total. The first-order valence-corrected chi connectivity index (χ1v) is 11.4. The molecule has 1 fully saturated rings. The zero-order valence-electron chi connectivity index (χ0n) is 19.1. The third kappa shape index (κ3) is 4.22. The van der Waals surface area contributed by atoms with Gasteiger partial charge in [-0.25, -0.2) is 0 Å². The third-order valence-electron chi connectivity index (χ3n) is 6.08. The van der Waals surface area contributed by atoms with E-state index in [4.69, 9.17) is 20.8 Å². The highest BCUT2D eigenvalue weighted by atomic mass is 35.5. The maximum atomic E-state index is 13.1. The van der Waals surface area contributed by atoms with Crippen LogP contribution in [0.25, 0.3) is 16.5 Å². The van der Waals surface area contributed by atoms with E-state index >= 15 is 0 Å². The average molecular weight is 453 g/mol. The summed E-state index contributed by atoms with van der Waals surface area (Å²) in [6, 6.07) is 9.91. The van der Waals surface area contributed by atoms with Crippen LogP contribution in [0.2, 0.25) is 5.02 Å². The minimum atomic E-state index is 0.0189. The summed E-state index contributed by atoms with van der Waals surface area (Å²) in [4.78, 5) is 17.2. The van der Waals surface area contributed by atoms with E-state index in [1.165, 1.54) is 0 Å². The summed E-state index contributed by atoms with van der Waals surface area (Å²) in [7, 11) is 0. The predicted octanol–water partition coefficient (Wildman–Crippen LogP) is 5.85. The third-order valence-corrected chi connectivity index (χ3v) is 6.40. The molecule has 2 aromatic carbocycles. The summed E-state index contributed by atoms with van der Waals surface area (Å²) >= 11 is 6.34. The number of carbonyl (C=O) groups is 1. The lowest BCUT2D eigenvalue weighted by Gasteiger charge is -2.36. The molecule has 6 heteroatoms. The molecule has 0 bridgehead atoms. The predicted molar refractivity (Wildman–Crippen MR) is 131 cm³/mol. The first-order valence-electron chi connectivity index (χ1n) is 11.0. The Morgan fingerprint density at radius 3 is 2.59 bits per heavy atom. The van der Waals surface area contributed by atoms with Crippen LogP contribution in [0, 0.1) is 13.8 Å². The van der Waals surface area contributed by atoms with Crippen LogP contribution in [-0.4, -0.2) is 43.6 Å². The molecule has 1 amide bonds. The molecule has 0 saturated carbocycles. The van der Waals surface area contributed by atoms with E-state index in [0.29, 0.717) is 19.7 Å². The van der Waals surface area contributed by atoms with Crippen LogP contribution in [-0.2, 0) is 4.79 Å². The standard InChI is InChI=1S/C26H29ClN2O3/c1-5-31-25-19(4)26-21(18(3)16-32-26)15-20(25)17(2)14-24(30)29-12-10-28(11-13-29)23-9-7-6-8-22(23)27/h6-9,14-16H,5,10-13H2,1-4H3/b17-14+. The number of piperazine rings is 1. The lowest BCUT2D eigenvalue weighted by atomic mass is 9.98. The fraction of sp³-hybridized carbons (Fsp3) is 0.346. The van der Waals surface area contributed by atoms with Crippen LogP contribution in [0.5, 0.6) is 5.75 Å². The number of aryl methyl sites for hydroxylation is 2. The van der Waals surface area contributed by atoms with E-state index in [0.717, 1.165) is 62.8 Å². The van der Waals surface area contributed by atoms with Crippen LogP contribution in [0.4, 0.5) is 5.69 Å². The molecule has 2 heterocycles. The molecule has 4 rings (SSSR count). The lowest BCUT2D eigenvalue weighted by molar-refractivity contribution is -0.126. The number of anilines is 1. The molecule has 0 aliphatic carbocycles. The van der Waals surface area contributed by atoms with Crippen molar-refractivity contribution in [2.45, 2.75) is 27.7 Å². The van der Waals surface area contributed by atoms with Crippen LogP contribution in [0.15, 0.2) is 47.1 Å². The van der Waals surface area contributed by atoms with E-state index in [1.54, 1.807) is 12.3 Å². The zero-order valence-corrected chi connectivity index (χ0v) is 19.8. The van der Waals surface area contributed by atoms with E-state index in [-0.39, 0.29) is 5.91 Å². The fourth-order valence-electron chi connectivity index (χ4n) is 4.29. The number of nitrogens with zero attached hydrogens (tertiary/aromatic N) is 2. The summed E-state index contributed by atoms with van der Waals surface area (Å²) in [6.45, 7) is 11.3. The number of rotatable bonds is 5. The number of para-hydroxylation sites is 1. The Kier molecular flexibility index (Phi) is 6.47. The van der Waals surface area contributed by atoms with Crippen LogP contribution >= 0.6 is 11.6 Å². The molecule has 0 N–H and O–H groups in total. The molecule has 0 atom stereocenters. The van der Waals surface area contributed by atoms with E-state index < -0.39 is 0 Å². The second-order valence-electron chi connectivity index (χ2n) is 8.20. The molecule has 168 valence electrons. The Hall–Kier alpha value is -2.92. The van der Waals surface area contributed by atoms with Crippen molar-refractivity contribution >= 4 is 39.7 Å². The summed E-state index contributed by atoms with van der Waals surface area (Å²) in [5.41, 5.74) is 5.71. The molecule has 1 aliphatic rings. The van der Waals surface area contributed by atoms with Gasteiger partial charge < -0.3 is 19.0 Å². The van der Waals surface area contributed by atoms with Gasteiger partial charge in [0.15, 0.2) is 0 Å². The highest BCUT2D eigenvalue weighted by Gasteiger charge is 2.22. The number of hydrogen-bond donors (Lipinski definition) is 0. The number of hydrogen-bond acceptors (Lipinski definition) is 4. The molecular formula is C26H29ClN2O3. The second kappa shape index (κ2) is 9.29. The molecule has 0 spiro atoms. The Morgan fingerprint density at radius 1 is 1.19 bits per heavy atom. The van der Waals surface area contributed by atoms with Gasteiger partial charge >= 0.3 is 0 Å². The molecule has 1 aliphatic heterocycles. The molecule has 32 heavy (non-hydrogen) atoms. The zero-order chi connectivity index (χ0) is 22.8. The van der Waals surface area contributed by atoms with Crippen molar-refractivity contribution in [1.82, 2.24) is 4.90 Å². The molecule has 3 aromatic rings. The highest BCUT2D eigenvalue weighted by molar-refractivity contribution is 6.33. The first-order chi connectivity index (χ1) is 15.4. The van der Waals surface area contributed by atoms with Gasteiger partial charge in [-0.05, 0) is 57.0 Å². The van der Waals surface area contributed by atoms with Crippen molar-refractivity contribution in [2.24, 2.45) is 0 Å². The number of amides is 1. The number of fused-ring (bicyclic) bond motifs is 1. The average Bonchev–Trinajstić information content (AvgIpc) is 3.17. The second-order valence-corrected chi connectivity index (χ2v) is 8.60. The van der Waals surface area contributed by atoms with Gasteiger partial charge in [0, 0.05) is 48.8 Å². The normalized spacial score (nSPS) is 14.8. The fourth-order valence-corrected chi connectivity index (χ4v) is 4.55. The Morgan fingerprint density at radius 2 is 1.91 bits per heavy atom. The Labute approximate surface area is 194 Å². The summed E-state index contributed by atoms with van der Waals surface area (Å²) in [6.07, 6.45) is 3.49. The van der Waals surface area contributed by atoms with Gasteiger partial charge in [0.25, 0.3) is 0 Å².